The van der Waals surface area contributed by atoms with Gasteiger partial charge >= 0.3 is 6.09 Å². The maximum Gasteiger partial charge on any atom is 0.422 e. The van der Waals surface area contributed by atoms with E-state index in [1.807, 2.05) is 0 Å². The lowest BCUT2D eigenvalue weighted by molar-refractivity contribution is -0.114. The Morgan fingerprint density at radius 3 is 2.33 bits per heavy atom. The third kappa shape index (κ3) is 4.95. The van der Waals surface area contributed by atoms with E-state index in [2.05, 4.69) is 21.4 Å². The molecular weight excluding hydrogens is 340 g/mol. The predicted molar refractivity (Wildman–Crippen MR) is 81.0 cm³/mol. The number of rotatable bonds is 7. The Labute approximate surface area is 131 Å². The average molecular weight is 357 g/mol. The molecule has 0 bridgehead atoms. The number of nitrogens with one attached hydrogen (secondary N) is 1. The van der Waals surface area contributed by atoms with Crippen molar-refractivity contribution in [1.82, 2.24) is 10.4 Å². The van der Waals surface area contributed by atoms with Gasteiger partial charge in [-0.3, -0.25) is 4.79 Å². The molecular formula is C14H17BrN2O4. The van der Waals surface area contributed by atoms with Gasteiger partial charge in [-0.1, -0.05) is 41.9 Å². The monoisotopic (exact) mass is 356 g/mol. The summed E-state index contributed by atoms with van der Waals surface area (Å²) in [7, 11) is 0. The van der Waals surface area contributed by atoms with Crippen LogP contribution in [0.3, 0.4) is 0 Å². The van der Waals surface area contributed by atoms with Gasteiger partial charge in [-0.2, -0.15) is 0 Å². The van der Waals surface area contributed by atoms with Crippen LogP contribution in [-0.2, 0) is 4.79 Å². The van der Waals surface area contributed by atoms with E-state index in [0.717, 1.165) is 9.48 Å². The van der Waals surface area contributed by atoms with E-state index in [1.165, 1.54) is 0 Å². The average Bonchev–Trinajstić information content (AvgIpc) is 2.42. The molecule has 0 aliphatic carbocycles. The summed E-state index contributed by atoms with van der Waals surface area (Å²) in [6.07, 6.45) is -0.750. The molecule has 1 atom stereocenters. The van der Waals surface area contributed by atoms with Crippen molar-refractivity contribution < 1.29 is 19.5 Å². The highest BCUT2D eigenvalue weighted by Crippen LogP contribution is 2.11. The Balaban J connectivity index is 2.73. The predicted octanol–water partition coefficient (Wildman–Crippen LogP) is 2.34. The normalized spacial score (nSPS) is 12.0. The molecule has 7 heteroatoms. The molecule has 1 amide bonds. The lowest BCUT2D eigenvalue weighted by Gasteiger charge is -2.28. The third-order valence-corrected chi connectivity index (χ3v) is 3.43. The quantitative estimate of drug-likeness (QED) is 0.444. The highest BCUT2D eigenvalue weighted by atomic mass is 79.9. The van der Waals surface area contributed by atoms with Crippen molar-refractivity contribution in [2.75, 3.05) is 6.54 Å². The van der Waals surface area contributed by atoms with Gasteiger partial charge < -0.3 is 9.90 Å². The highest BCUT2D eigenvalue weighted by molar-refractivity contribution is 9.10. The Morgan fingerprint density at radius 1 is 1.33 bits per heavy atom. The van der Waals surface area contributed by atoms with Crippen molar-refractivity contribution in [3.8, 4) is 0 Å². The zero-order chi connectivity index (χ0) is 16.0. The number of hydrogen-bond donors (Lipinski definition) is 2. The second-order valence-corrected chi connectivity index (χ2v) is 5.70. The van der Waals surface area contributed by atoms with Crippen LogP contribution in [0.2, 0.25) is 0 Å². The Kier molecular flexibility index (Phi) is 6.51. The third-order valence-electron chi connectivity index (χ3n) is 2.90. The van der Waals surface area contributed by atoms with Gasteiger partial charge in [0.25, 0.3) is 0 Å². The second kappa shape index (κ2) is 7.90. The van der Waals surface area contributed by atoms with Gasteiger partial charge in [-0.05, 0) is 18.1 Å². The molecule has 114 valence electrons. The lowest BCUT2D eigenvalue weighted by atomic mass is 10.1. The zero-order valence-electron chi connectivity index (χ0n) is 11.7. The molecule has 0 radical (unpaired) electrons. The molecule has 0 aliphatic rings. The molecule has 0 heterocycles. The fourth-order valence-corrected chi connectivity index (χ4v) is 1.98. The topological polar surface area (TPSA) is 86.7 Å². The first-order chi connectivity index (χ1) is 9.86. The number of carboxylic acid groups (broad SMARTS) is 1. The van der Waals surface area contributed by atoms with E-state index >= 15 is 0 Å². The van der Waals surface area contributed by atoms with Crippen molar-refractivity contribution in [3.05, 3.63) is 34.3 Å². The van der Waals surface area contributed by atoms with E-state index < -0.39 is 12.1 Å². The summed E-state index contributed by atoms with van der Waals surface area (Å²) in [5, 5.41) is 9.90. The lowest BCUT2D eigenvalue weighted by Crippen LogP contribution is -2.53. The summed E-state index contributed by atoms with van der Waals surface area (Å²) in [4.78, 5) is 34.2. The SMILES string of the molecule is CC(C)C(C=O)N(NCC(=O)c1ccc(Br)cc1)C(=O)O. The molecule has 0 aliphatic heterocycles. The number of halogens is 1. The van der Waals surface area contributed by atoms with Crippen LogP contribution >= 0.6 is 15.9 Å². The minimum Gasteiger partial charge on any atom is -0.464 e. The van der Waals surface area contributed by atoms with Crippen LogP contribution in [0, 0.1) is 5.92 Å². The van der Waals surface area contributed by atoms with E-state index in [0.29, 0.717) is 11.8 Å². The minimum atomic E-state index is -1.30. The maximum atomic E-state index is 12.0. The fraction of sp³-hybridized carbons (Fsp3) is 0.357. The first kappa shape index (κ1) is 17.3. The largest absolute Gasteiger partial charge is 0.464 e. The molecule has 0 saturated carbocycles. The first-order valence-corrected chi connectivity index (χ1v) is 7.15. The molecule has 1 unspecified atom stereocenters. The van der Waals surface area contributed by atoms with E-state index in [4.69, 9.17) is 5.11 Å². The van der Waals surface area contributed by atoms with Gasteiger partial charge in [0.2, 0.25) is 0 Å². The standard InChI is InChI=1S/C14H17BrN2O4/c1-9(2)12(8-18)17(14(20)21)16-7-13(19)10-3-5-11(15)6-4-10/h3-6,8-9,12,16H,7H2,1-2H3,(H,20,21). The molecule has 1 rings (SSSR count). The molecule has 21 heavy (non-hydrogen) atoms. The summed E-state index contributed by atoms with van der Waals surface area (Å²) >= 11 is 3.27. The summed E-state index contributed by atoms with van der Waals surface area (Å²) in [6.45, 7) is 3.26. The molecule has 1 aromatic rings. The number of amides is 1. The number of nitrogens with zero attached hydrogens (tertiary/aromatic N) is 1. The second-order valence-electron chi connectivity index (χ2n) is 4.79. The van der Waals surface area contributed by atoms with Gasteiger partial charge in [0.15, 0.2) is 5.78 Å². The fourth-order valence-electron chi connectivity index (χ4n) is 1.71. The Bertz CT molecular complexity index is 516. The van der Waals surface area contributed by atoms with Crippen molar-refractivity contribution in [3.63, 3.8) is 0 Å². The molecule has 0 aromatic heterocycles. The number of hydrazine groups is 1. The molecule has 2 N–H and O–H groups in total. The van der Waals surface area contributed by atoms with Gasteiger partial charge in [0, 0.05) is 10.0 Å². The van der Waals surface area contributed by atoms with Gasteiger partial charge in [0.1, 0.15) is 12.3 Å². The maximum absolute atomic E-state index is 12.0. The number of aldehydes is 1. The van der Waals surface area contributed by atoms with Crippen molar-refractivity contribution in [1.29, 1.82) is 0 Å². The van der Waals surface area contributed by atoms with E-state index in [-0.39, 0.29) is 18.2 Å². The number of benzene rings is 1. The van der Waals surface area contributed by atoms with Gasteiger partial charge in [-0.25, -0.2) is 15.2 Å². The van der Waals surface area contributed by atoms with Crippen LogP contribution in [0.25, 0.3) is 0 Å². The highest BCUT2D eigenvalue weighted by Gasteiger charge is 2.26. The van der Waals surface area contributed by atoms with Crippen LogP contribution < -0.4 is 5.43 Å². The molecule has 0 saturated heterocycles. The van der Waals surface area contributed by atoms with Crippen molar-refractivity contribution in [2.45, 2.75) is 19.9 Å². The number of carbonyl (C=O) groups is 3. The van der Waals surface area contributed by atoms with E-state index in [9.17, 15) is 14.4 Å². The van der Waals surface area contributed by atoms with Gasteiger partial charge in [-0.15, -0.1) is 0 Å². The van der Waals surface area contributed by atoms with Crippen molar-refractivity contribution in [2.24, 2.45) is 5.92 Å². The number of ketones is 1. The Hall–Kier alpha value is -1.73. The molecule has 0 spiro atoms. The molecule has 0 fully saturated rings. The van der Waals surface area contributed by atoms with Crippen LogP contribution in [-0.4, -0.2) is 40.9 Å². The summed E-state index contributed by atoms with van der Waals surface area (Å²) in [6, 6.07) is 5.88. The first-order valence-electron chi connectivity index (χ1n) is 6.36. The minimum absolute atomic E-state index is 0.200. The van der Waals surface area contributed by atoms with E-state index in [1.54, 1.807) is 38.1 Å². The van der Waals surface area contributed by atoms with Crippen LogP contribution in [0.1, 0.15) is 24.2 Å². The molecule has 1 aromatic carbocycles. The number of hydrogen-bond acceptors (Lipinski definition) is 4. The van der Waals surface area contributed by atoms with Gasteiger partial charge in [0.05, 0.1) is 6.54 Å². The number of carbonyl (C=O) groups excluding carboxylic acids is 2. The summed E-state index contributed by atoms with van der Waals surface area (Å²) in [5.74, 6) is -0.462. The number of Topliss-reactive ketones (excluding diaryl/α,β-unsaturated/α-hetero) is 1. The molecule has 6 nitrogen and oxygen atoms in total. The summed E-state index contributed by atoms with van der Waals surface area (Å²) in [5.41, 5.74) is 2.97. The smallest absolute Gasteiger partial charge is 0.422 e. The van der Waals surface area contributed by atoms with Crippen LogP contribution in [0.5, 0.6) is 0 Å². The van der Waals surface area contributed by atoms with Crippen LogP contribution in [0.15, 0.2) is 28.7 Å². The van der Waals surface area contributed by atoms with Crippen molar-refractivity contribution >= 4 is 34.1 Å². The Morgan fingerprint density at radius 2 is 1.90 bits per heavy atom. The summed E-state index contributed by atoms with van der Waals surface area (Å²) < 4.78 is 0.847. The zero-order valence-corrected chi connectivity index (χ0v) is 13.3. The van der Waals surface area contributed by atoms with Crippen LogP contribution in [0.4, 0.5) is 4.79 Å².